The van der Waals surface area contributed by atoms with E-state index in [1.165, 1.54) is 23.8 Å². The topological polar surface area (TPSA) is 92.6 Å². The highest BCUT2D eigenvalue weighted by atomic mass is 32.2. The molecule has 2 amide bonds. The highest BCUT2D eigenvalue weighted by Gasteiger charge is 2.40. The number of para-hydroxylation sites is 1. The Balaban J connectivity index is 1.60. The first-order valence-corrected chi connectivity index (χ1v) is 11.1. The first kappa shape index (κ1) is 21.9. The smallest absolute Gasteiger partial charge is 0.258 e. The summed E-state index contributed by atoms with van der Waals surface area (Å²) in [5.41, 5.74) is 2.09. The van der Waals surface area contributed by atoms with Crippen LogP contribution in [0, 0.1) is 0 Å². The number of amides is 2. The van der Waals surface area contributed by atoms with E-state index in [4.69, 9.17) is 9.47 Å². The molecule has 2 aliphatic rings. The fourth-order valence-electron chi connectivity index (χ4n) is 3.52. The summed E-state index contributed by atoms with van der Waals surface area (Å²) in [6, 6.07) is 12.3. The van der Waals surface area contributed by atoms with Crippen LogP contribution in [0.15, 0.2) is 52.4 Å². The van der Waals surface area contributed by atoms with E-state index < -0.39 is 11.3 Å². The van der Waals surface area contributed by atoms with E-state index in [0.717, 1.165) is 11.3 Å². The second-order valence-corrected chi connectivity index (χ2v) is 8.45. The number of aliphatic imine (C=N–C) groups is 2. The number of carbonyl (C=O) groups excluding carboxylic acids is 2. The Kier molecular flexibility index (Phi) is 6.18. The summed E-state index contributed by atoms with van der Waals surface area (Å²) in [7, 11) is 3.10. The van der Waals surface area contributed by atoms with Crippen molar-refractivity contribution < 1.29 is 19.1 Å². The highest BCUT2D eigenvalue weighted by molar-refractivity contribution is 8.15. The van der Waals surface area contributed by atoms with E-state index >= 15 is 0 Å². The van der Waals surface area contributed by atoms with Crippen molar-refractivity contribution in [3.05, 3.63) is 48.0 Å². The summed E-state index contributed by atoms with van der Waals surface area (Å²) in [5, 5.41) is 2.91. The molecule has 2 aromatic carbocycles. The number of hydrogen-bond acceptors (Lipinski definition) is 7. The Hall–Kier alpha value is -3.33. The number of hydrogen-bond donors (Lipinski definition) is 1. The number of nitrogens with zero attached hydrogens (tertiary/aromatic N) is 3. The van der Waals surface area contributed by atoms with E-state index in [2.05, 4.69) is 15.3 Å². The standard InChI is InChI=1S/C23H24N4O4S/c1-5-19(21(28)25-17-11-10-14(30-3)12-18(17)31-4)32-23-26-16-9-7-6-8-15(16)20-24-13(2)22(29)27(20)23/h6-13,19H,5H2,1-4H3,(H,25,28)/t13-,19-/m1/s1. The van der Waals surface area contributed by atoms with Crippen molar-refractivity contribution >= 4 is 46.0 Å². The van der Waals surface area contributed by atoms with E-state index in [9.17, 15) is 9.59 Å². The molecule has 0 saturated carbocycles. The van der Waals surface area contributed by atoms with E-state index in [0.29, 0.717) is 34.6 Å². The summed E-state index contributed by atoms with van der Waals surface area (Å²) in [4.78, 5) is 36.7. The summed E-state index contributed by atoms with van der Waals surface area (Å²) >= 11 is 1.26. The molecule has 4 rings (SSSR count). The van der Waals surface area contributed by atoms with Gasteiger partial charge in [-0.25, -0.2) is 9.89 Å². The molecule has 0 bridgehead atoms. The molecule has 9 heteroatoms. The lowest BCUT2D eigenvalue weighted by molar-refractivity contribution is -0.124. The van der Waals surface area contributed by atoms with Crippen molar-refractivity contribution in [2.45, 2.75) is 31.6 Å². The van der Waals surface area contributed by atoms with Gasteiger partial charge in [-0.05, 0) is 37.6 Å². The average Bonchev–Trinajstić information content (AvgIpc) is 3.12. The molecule has 0 spiro atoms. The minimum Gasteiger partial charge on any atom is -0.497 e. The number of methoxy groups -OCH3 is 2. The van der Waals surface area contributed by atoms with Crippen LogP contribution >= 0.6 is 11.8 Å². The van der Waals surface area contributed by atoms with Crippen LogP contribution in [-0.2, 0) is 9.59 Å². The first-order chi connectivity index (χ1) is 15.5. The molecule has 32 heavy (non-hydrogen) atoms. The molecule has 2 aliphatic heterocycles. The second-order valence-electron chi connectivity index (χ2n) is 7.28. The Labute approximate surface area is 190 Å². The quantitative estimate of drug-likeness (QED) is 0.719. The maximum Gasteiger partial charge on any atom is 0.258 e. The molecule has 2 heterocycles. The number of ether oxygens (including phenoxy) is 2. The molecule has 2 atom stereocenters. The molecule has 0 aromatic heterocycles. The van der Waals surface area contributed by atoms with Crippen LogP contribution in [-0.4, -0.2) is 53.2 Å². The fraction of sp³-hybridized carbons (Fsp3) is 0.304. The van der Waals surface area contributed by atoms with Crippen LogP contribution < -0.4 is 14.8 Å². The third kappa shape index (κ3) is 3.95. The Bertz CT molecular complexity index is 1130. The third-order valence-electron chi connectivity index (χ3n) is 5.24. The van der Waals surface area contributed by atoms with Crippen molar-refractivity contribution in [2.24, 2.45) is 9.98 Å². The molecule has 0 radical (unpaired) electrons. The van der Waals surface area contributed by atoms with Crippen LogP contribution in [0.1, 0.15) is 25.8 Å². The predicted molar refractivity (Wildman–Crippen MR) is 126 cm³/mol. The van der Waals surface area contributed by atoms with Gasteiger partial charge < -0.3 is 14.8 Å². The Morgan fingerprint density at radius 2 is 2.00 bits per heavy atom. The van der Waals surface area contributed by atoms with E-state index in [-0.39, 0.29) is 11.8 Å². The van der Waals surface area contributed by atoms with Gasteiger partial charge in [0.25, 0.3) is 5.91 Å². The monoisotopic (exact) mass is 452 g/mol. The molecule has 8 nitrogen and oxygen atoms in total. The number of thioether (sulfide) groups is 1. The summed E-state index contributed by atoms with van der Waals surface area (Å²) in [6.45, 7) is 3.68. The predicted octanol–water partition coefficient (Wildman–Crippen LogP) is 3.83. The molecule has 0 unspecified atom stereocenters. The van der Waals surface area contributed by atoms with Gasteiger partial charge in [0.15, 0.2) is 5.17 Å². The lowest BCUT2D eigenvalue weighted by atomic mass is 10.1. The largest absolute Gasteiger partial charge is 0.497 e. The second kappa shape index (κ2) is 9.04. The zero-order chi connectivity index (χ0) is 22.8. The Morgan fingerprint density at radius 1 is 1.22 bits per heavy atom. The average molecular weight is 453 g/mol. The molecule has 0 aliphatic carbocycles. The van der Waals surface area contributed by atoms with Gasteiger partial charge >= 0.3 is 0 Å². The van der Waals surface area contributed by atoms with Gasteiger partial charge in [0.1, 0.15) is 23.4 Å². The fourth-order valence-corrected chi connectivity index (χ4v) is 4.54. The van der Waals surface area contributed by atoms with Gasteiger partial charge in [-0.15, -0.1) is 0 Å². The zero-order valence-corrected chi connectivity index (χ0v) is 19.1. The first-order valence-electron chi connectivity index (χ1n) is 10.3. The number of amidine groups is 2. The number of fused-ring (bicyclic) bond motifs is 3. The lowest BCUT2D eigenvalue weighted by Crippen LogP contribution is -2.42. The van der Waals surface area contributed by atoms with Crippen molar-refractivity contribution in [2.75, 3.05) is 19.5 Å². The maximum absolute atomic E-state index is 13.1. The normalized spacial score (nSPS) is 17.7. The summed E-state index contributed by atoms with van der Waals surface area (Å²) in [6.07, 6.45) is 0.541. The van der Waals surface area contributed by atoms with Crippen LogP contribution in [0.5, 0.6) is 11.5 Å². The number of rotatable bonds is 6. The minimum atomic E-state index is -0.487. The van der Waals surface area contributed by atoms with Crippen LogP contribution in [0.4, 0.5) is 11.4 Å². The van der Waals surface area contributed by atoms with Crippen molar-refractivity contribution in [3.8, 4) is 11.5 Å². The number of carbonyl (C=O) groups is 2. The van der Waals surface area contributed by atoms with Gasteiger partial charge in [0.05, 0.1) is 30.8 Å². The number of nitrogens with one attached hydrogen (secondary N) is 1. The molecule has 2 aromatic rings. The lowest BCUT2D eigenvalue weighted by Gasteiger charge is -2.27. The molecular formula is C23H24N4O4S. The number of anilines is 1. The molecule has 166 valence electrons. The zero-order valence-electron chi connectivity index (χ0n) is 18.3. The number of benzene rings is 2. The molecular weight excluding hydrogens is 428 g/mol. The highest BCUT2D eigenvalue weighted by Crippen LogP contribution is 2.36. The summed E-state index contributed by atoms with van der Waals surface area (Å²) in [5.74, 6) is 1.36. The van der Waals surface area contributed by atoms with Gasteiger partial charge in [-0.2, -0.15) is 0 Å². The van der Waals surface area contributed by atoms with E-state index in [1.54, 1.807) is 32.2 Å². The van der Waals surface area contributed by atoms with Crippen molar-refractivity contribution in [1.82, 2.24) is 4.90 Å². The molecule has 1 N–H and O–H groups in total. The van der Waals surface area contributed by atoms with Gasteiger partial charge in [-0.3, -0.25) is 14.6 Å². The summed E-state index contributed by atoms with van der Waals surface area (Å²) < 4.78 is 10.6. The Morgan fingerprint density at radius 3 is 2.72 bits per heavy atom. The van der Waals surface area contributed by atoms with Gasteiger partial charge in [0, 0.05) is 11.6 Å². The van der Waals surface area contributed by atoms with Crippen LogP contribution in [0.2, 0.25) is 0 Å². The minimum absolute atomic E-state index is 0.146. The maximum atomic E-state index is 13.1. The third-order valence-corrected chi connectivity index (χ3v) is 6.55. The molecule has 0 saturated heterocycles. The van der Waals surface area contributed by atoms with E-state index in [1.807, 2.05) is 31.2 Å². The van der Waals surface area contributed by atoms with Crippen LogP contribution in [0.25, 0.3) is 0 Å². The van der Waals surface area contributed by atoms with Gasteiger partial charge in [-0.1, -0.05) is 30.8 Å². The van der Waals surface area contributed by atoms with Gasteiger partial charge in [0.2, 0.25) is 5.91 Å². The van der Waals surface area contributed by atoms with Crippen LogP contribution in [0.3, 0.4) is 0 Å². The van der Waals surface area contributed by atoms with Crippen molar-refractivity contribution in [3.63, 3.8) is 0 Å². The van der Waals surface area contributed by atoms with Crippen molar-refractivity contribution in [1.29, 1.82) is 0 Å². The SMILES string of the molecule is CC[C@@H](SC1=Nc2ccccc2C2=N[C@H](C)C(=O)N12)C(=O)Nc1ccc(OC)cc1OC. The molecule has 0 fully saturated rings.